The van der Waals surface area contributed by atoms with Crippen LogP contribution in [0.1, 0.15) is 31.2 Å². The number of hydrogen-bond acceptors (Lipinski definition) is 2. The van der Waals surface area contributed by atoms with Crippen molar-refractivity contribution in [2.45, 2.75) is 32.1 Å². The van der Waals surface area contributed by atoms with E-state index in [0.717, 1.165) is 19.8 Å². The summed E-state index contributed by atoms with van der Waals surface area (Å²) in [4.78, 5) is 0. The number of ether oxygens (including phenoxy) is 1. The van der Waals surface area contributed by atoms with Gasteiger partial charge in [0, 0.05) is 25.4 Å². The molecule has 0 atom stereocenters. The summed E-state index contributed by atoms with van der Waals surface area (Å²) in [6.45, 7) is 3.14. The van der Waals surface area contributed by atoms with Gasteiger partial charge in [0.15, 0.2) is 0 Å². The van der Waals surface area contributed by atoms with Gasteiger partial charge in [-0.2, -0.15) is 0 Å². The zero-order chi connectivity index (χ0) is 11.1. The van der Waals surface area contributed by atoms with E-state index in [1.807, 2.05) is 0 Å². The molecule has 3 rings (SSSR count). The van der Waals surface area contributed by atoms with Crippen LogP contribution in [0.15, 0.2) is 24.3 Å². The first kappa shape index (κ1) is 11.5. The molecular formula is C14H21NO. The molecule has 16 heavy (non-hydrogen) atoms. The molecule has 0 saturated carbocycles. The summed E-state index contributed by atoms with van der Waals surface area (Å²) < 4.78 is 5.07. The van der Waals surface area contributed by atoms with Gasteiger partial charge in [-0.15, -0.1) is 0 Å². The first-order valence-electron chi connectivity index (χ1n) is 6.36. The van der Waals surface area contributed by atoms with Crippen molar-refractivity contribution in [3.63, 3.8) is 0 Å². The molecule has 2 aliphatic heterocycles. The smallest absolute Gasteiger partial charge is 0.0466 e. The van der Waals surface area contributed by atoms with Gasteiger partial charge < -0.3 is 10.1 Å². The Morgan fingerprint density at radius 3 is 2.38 bits per heavy atom. The molecular weight excluding hydrogens is 198 g/mol. The Kier molecular flexibility index (Phi) is 4.69. The summed E-state index contributed by atoms with van der Waals surface area (Å²) in [7, 11) is 0. The van der Waals surface area contributed by atoms with Crippen molar-refractivity contribution in [3.8, 4) is 0 Å². The molecule has 1 aromatic rings. The Balaban J connectivity index is 0.000000138. The molecule has 0 radical (unpaired) electrons. The third-order valence-electron chi connectivity index (χ3n) is 3.03. The van der Waals surface area contributed by atoms with Crippen LogP contribution in [0, 0.1) is 0 Å². The highest BCUT2D eigenvalue weighted by Crippen LogP contribution is 2.20. The third kappa shape index (κ3) is 3.53. The SMILES string of the molecule is C1CCOCC1.c1ccc2c(c1)CCCN2. The standard InChI is InChI=1S/C9H11N.C5H10O/c1-2-6-9-8(4-1)5-3-7-10-9;1-2-4-6-5-3-1/h1-2,4,6,10H,3,5,7H2;1-5H2. The molecule has 0 aromatic heterocycles. The number of fused-ring (bicyclic) bond motifs is 1. The van der Waals surface area contributed by atoms with Crippen LogP contribution >= 0.6 is 0 Å². The van der Waals surface area contributed by atoms with Crippen molar-refractivity contribution in [2.24, 2.45) is 0 Å². The summed E-state index contributed by atoms with van der Waals surface area (Å²) in [6, 6.07) is 8.53. The average molecular weight is 219 g/mol. The lowest BCUT2D eigenvalue weighted by Crippen LogP contribution is -2.10. The van der Waals surface area contributed by atoms with Crippen molar-refractivity contribution in [1.29, 1.82) is 0 Å². The summed E-state index contributed by atoms with van der Waals surface area (Å²) in [5, 5.41) is 3.36. The Hall–Kier alpha value is -1.02. The molecule has 88 valence electrons. The molecule has 2 heterocycles. The first-order valence-corrected chi connectivity index (χ1v) is 6.36. The van der Waals surface area contributed by atoms with Gasteiger partial charge in [0.25, 0.3) is 0 Å². The largest absolute Gasteiger partial charge is 0.385 e. The van der Waals surface area contributed by atoms with Crippen LogP contribution in [-0.4, -0.2) is 19.8 Å². The van der Waals surface area contributed by atoms with E-state index in [1.54, 1.807) is 0 Å². The van der Waals surface area contributed by atoms with Gasteiger partial charge in [0.05, 0.1) is 0 Å². The molecule has 0 unspecified atom stereocenters. The molecule has 2 aliphatic rings. The van der Waals surface area contributed by atoms with Crippen molar-refractivity contribution >= 4 is 5.69 Å². The highest BCUT2D eigenvalue weighted by molar-refractivity contribution is 5.52. The van der Waals surface area contributed by atoms with Crippen LogP contribution in [0.2, 0.25) is 0 Å². The maximum absolute atomic E-state index is 5.07. The highest BCUT2D eigenvalue weighted by Gasteiger charge is 2.04. The third-order valence-corrected chi connectivity index (χ3v) is 3.03. The molecule has 0 amide bonds. The molecule has 0 aliphatic carbocycles. The summed E-state index contributed by atoms with van der Waals surface area (Å²) in [5.74, 6) is 0. The monoisotopic (exact) mass is 219 g/mol. The predicted molar refractivity (Wildman–Crippen MR) is 67.9 cm³/mol. The maximum atomic E-state index is 5.07. The minimum absolute atomic E-state index is 1.00. The molecule has 2 nitrogen and oxygen atoms in total. The second kappa shape index (κ2) is 6.54. The van der Waals surface area contributed by atoms with E-state index in [9.17, 15) is 0 Å². The van der Waals surface area contributed by atoms with Crippen LogP contribution in [0.5, 0.6) is 0 Å². The topological polar surface area (TPSA) is 21.3 Å². The van der Waals surface area contributed by atoms with E-state index in [1.165, 1.54) is 43.4 Å². The quantitative estimate of drug-likeness (QED) is 0.723. The second-order valence-corrected chi connectivity index (χ2v) is 4.36. The average Bonchev–Trinajstić information content (AvgIpc) is 2.42. The van der Waals surface area contributed by atoms with Gasteiger partial charge in [0.2, 0.25) is 0 Å². The molecule has 1 saturated heterocycles. The van der Waals surface area contributed by atoms with Crippen molar-refractivity contribution in [1.82, 2.24) is 0 Å². The number of rotatable bonds is 0. The summed E-state index contributed by atoms with van der Waals surface area (Å²) in [5.41, 5.74) is 2.79. The van der Waals surface area contributed by atoms with Crippen LogP contribution in [0.25, 0.3) is 0 Å². The van der Waals surface area contributed by atoms with Gasteiger partial charge in [-0.05, 0) is 43.7 Å². The highest BCUT2D eigenvalue weighted by atomic mass is 16.5. The van der Waals surface area contributed by atoms with Gasteiger partial charge in [0.1, 0.15) is 0 Å². The summed E-state index contributed by atoms with van der Waals surface area (Å²) >= 11 is 0. The first-order chi connectivity index (χ1) is 7.97. The Bertz CT molecular complexity index is 271. The molecule has 1 N–H and O–H groups in total. The zero-order valence-electron chi connectivity index (χ0n) is 9.87. The Labute approximate surface area is 98.0 Å². The summed E-state index contributed by atoms with van der Waals surface area (Å²) in [6.07, 6.45) is 6.44. The van der Waals surface area contributed by atoms with E-state index < -0.39 is 0 Å². The number of anilines is 1. The van der Waals surface area contributed by atoms with E-state index in [-0.39, 0.29) is 0 Å². The van der Waals surface area contributed by atoms with Gasteiger partial charge >= 0.3 is 0 Å². The van der Waals surface area contributed by atoms with Crippen molar-refractivity contribution in [3.05, 3.63) is 29.8 Å². The van der Waals surface area contributed by atoms with Gasteiger partial charge in [-0.3, -0.25) is 0 Å². The van der Waals surface area contributed by atoms with Crippen molar-refractivity contribution in [2.75, 3.05) is 25.1 Å². The lowest BCUT2D eigenvalue weighted by atomic mass is 10.0. The predicted octanol–water partition coefficient (Wildman–Crippen LogP) is 3.23. The second-order valence-electron chi connectivity index (χ2n) is 4.36. The molecule has 1 aromatic carbocycles. The van der Waals surface area contributed by atoms with Gasteiger partial charge in [-0.25, -0.2) is 0 Å². The molecule has 1 fully saturated rings. The minimum Gasteiger partial charge on any atom is -0.385 e. The zero-order valence-corrected chi connectivity index (χ0v) is 9.87. The van der Waals surface area contributed by atoms with Crippen LogP contribution in [0.3, 0.4) is 0 Å². The lowest BCUT2D eigenvalue weighted by molar-refractivity contribution is 0.0968. The van der Waals surface area contributed by atoms with E-state index >= 15 is 0 Å². The maximum Gasteiger partial charge on any atom is 0.0466 e. The number of aryl methyl sites for hydroxylation is 1. The lowest BCUT2D eigenvalue weighted by Gasteiger charge is -2.16. The number of hydrogen-bond donors (Lipinski definition) is 1. The number of benzene rings is 1. The van der Waals surface area contributed by atoms with E-state index in [2.05, 4.69) is 29.6 Å². The van der Waals surface area contributed by atoms with Crippen molar-refractivity contribution < 1.29 is 4.74 Å². The van der Waals surface area contributed by atoms with Crippen LogP contribution in [0.4, 0.5) is 5.69 Å². The molecule has 2 heteroatoms. The molecule has 0 spiro atoms. The van der Waals surface area contributed by atoms with Crippen LogP contribution in [-0.2, 0) is 11.2 Å². The van der Waals surface area contributed by atoms with E-state index in [4.69, 9.17) is 4.74 Å². The van der Waals surface area contributed by atoms with E-state index in [0.29, 0.717) is 0 Å². The fourth-order valence-electron chi connectivity index (χ4n) is 2.10. The minimum atomic E-state index is 1.00. The fourth-order valence-corrected chi connectivity index (χ4v) is 2.10. The fraction of sp³-hybridized carbons (Fsp3) is 0.571. The normalized spacial score (nSPS) is 18.8. The van der Waals surface area contributed by atoms with Gasteiger partial charge in [-0.1, -0.05) is 18.2 Å². The Morgan fingerprint density at radius 2 is 1.75 bits per heavy atom. The molecule has 0 bridgehead atoms. The number of para-hydroxylation sites is 1. The van der Waals surface area contributed by atoms with Crippen LogP contribution < -0.4 is 5.32 Å². The Morgan fingerprint density at radius 1 is 0.938 bits per heavy atom. The number of nitrogens with one attached hydrogen (secondary N) is 1.